The molecule has 96 valence electrons. The molecule has 1 aromatic rings. The molecule has 0 aliphatic heterocycles. The van der Waals surface area contributed by atoms with Gasteiger partial charge >= 0.3 is 0 Å². The van der Waals surface area contributed by atoms with Crippen LogP contribution in [0.3, 0.4) is 0 Å². The van der Waals surface area contributed by atoms with E-state index in [0.717, 1.165) is 0 Å². The first-order valence-corrected chi connectivity index (χ1v) is 6.66. The fraction of sp³-hybridized carbons (Fsp3) is 0.333. The second-order valence-corrected chi connectivity index (χ2v) is 5.43. The second kappa shape index (κ2) is 5.21. The summed E-state index contributed by atoms with van der Waals surface area (Å²) in [7, 11) is -1.80. The second-order valence-electron chi connectivity index (χ2n) is 3.10. The molecule has 17 heavy (non-hydrogen) atoms. The standard InChI is InChI=1S/C9H11BrO6S/c1-15-7-3-5(9(11)17(12,13)14)6(10)4-8(7)16-2/h3-4,9,11H,1-2H3,(H,12,13,14). The first-order valence-electron chi connectivity index (χ1n) is 4.37. The Balaban J connectivity index is 3.36. The summed E-state index contributed by atoms with van der Waals surface area (Å²) in [5, 5.41) is 9.46. The fourth-order valence-corrected chi connectivity index (χ4v) is 2.43. The number of hydrogen-bond acceptors (Lipinski definition) is 5. The first-order chi connectivity index (χ1) is 7.81. The van der Waals surface area contributed by atoms with E-state index in [1.165, 1.54) is 26.4 Å². The average Bonchev–Trinajstić information content (AvgIpc) is 2.26. The zero-order valence-electron chi connectivity index (χ0n) is 9.05. The number of rotatable bonds is 4. The van der Waals surface area contributed by atoms with Crippen LogP contribution in [-0.4, -0.2) is 32.3 Å². The molecule has 1 unspecified atom stereocenters. The summed E-state index contributed by atoms with van der Waals surface area (Å²) in [5.74, 6) is 0.610. The van der Waals surface area contributed by atoms with Gasteiger partial charge in [0.1, 0.15) is 0 Å². The predicted molar refractivity (Wildman–Crippen MR) is 63.8 cm³/mol. The van der Waals surface area contributed by atoms with Crippen molar-refractivity contribution in [2.24, 2.45) is 0 Å². The number of hydrogen-bond donors (Lipinski definition) is 2. The molecule has 0 heterocycles. The largest absolute Gasteiger partial charge is 0.493 e. The molecule has 1 rings (SSSR count). The van der Waals surface area contributed by atoms with Gasteiger partial charge in [0, 0.05) is 10.0 Å². The molecule has 0 aliphatic rings. The lowest BCUT2D eigenvalue weighted by Gasteiger charge is -2.14. The lowest BCUT2D eigenvalue weighted by molar-refractivity contribution is 0.237. The van der Waals surface area contributed by atoms with E-state index in [-0.39, 0.29) is 15.8 Å². The van der Waals surface area contributed by atoms with Crippen molar-refractivity contribution in [1.82, 2.24) is 0 Å². The van der Waals surface area contributed by atoms with Gasteiger partial charge in [0.15, 0.2) is 11.5 Å². The van der Waals surface area contributed by atoms with E-state index in [0.29, 0.717) is 5.75 Å². The zero-order chi connectivity index (χ0) is 13.2. The first kappa shape index (κ1) is 14.2. The molecule has 6 nitrogen and oxygen atoms in total. The lowest BCUT2D eigenvalue weighted by Crippen LogP contribution is -2.12. The molecule has 0 spiro atoms. The molecule has 1 aromatic carbocycles. The van der Waals surface area contributed by atoms with E-state index in [1.807, 2.05) is 0 Å². The monoisotopic (exact) mass is 326 g/mol. The van der Waals surface area contributed by atoms with Crippen LogP contribution < -0.4 is 9.47 Å². The van der Waals surface area contributed by atoms with Crippen LogP contribution in [-0.2, 0) is 10.1 Å². The third-order valence-electron chi connectivity index (χ3n) is 2.05. The summed E-state index contributed by atoms with van der Waals surface area (Å²) in [6.07, 6.45) is 0. The van der Waals surface area contributed by atoms with Gasteiger partial charge in [-0.3, -0.25) is 4.55 Å². The summed E-state index contributed by atoms with van der Waals surface area (Å²) in [6.45, 7) is 0. The van der Waals surface area contributed by atoms with Crippen molar-refractivity contribution >= 4 is 26.0 Å². The van der Waals surface area contributed by atoms with Gasteiger partial charge in [-0.25, -0.2) is 0 Å². The van der Waals surface area contributed by atoms with Crippen LogP contribution in [0.15, 0.2) is 16.6 Å². The highest BCUT2D eigenvalue weighted by molar-refractivity contribution is 9.10. The number of methoxy groups -OCH3 is 2. The Labute approximate surface area is 107 Å². The summed E-state index contributed by atoms with van der Waals surface area (Å²) < 4.78 is 40.7. The Morgan fingerprint density at radius 2 is 1.71 bits per heavy atom. The van der Waals surface area contributed by atoms with E-state index >= 15 is 0 Å². The third kappa shape index (κ3) is 3.09. The summed E-state index contributed by atoms with van der Waals surface area (Å²) >= 11 is 3.07. The molecule has 0 saturated carbocycles. The van der Waals surface area contributed by atoms with E-state index in [2.05, 4.69) is 15.9 Å². The number of benzene rings is 1. The average molecular weight is 327 g/mol. The van der Waals surface area contributed by atoms with Crippen molar-refractivity contribution in [2.75, 3.05) is 14.2 Å². The highest BCUT2D eigenvalue weighted by Crippen LogP contribution is 2.37. The number of ether oxygens (including phenoxy) is 2. The molecular formula is C9H11BrO6S. The lowest BCUT2D eigenvalue weighted by atomic mass is 10.2. The Morgan fingerprint density at radius 1 is 1.24 bits per heavy atom. The predicted octanol–water partition coefficient (Wildman–Crippen LogP) is 1.35. The normalized spacial score (nSPS) is 13.2. The third-order valence-corrected chi connectivity index (χ3v) is 3.56. The topological polar surface area (TPSA) is 93.1 Å². The van der Waals surface area contributed by atoms with Gasteiger partial charge in [-0.1, -0.05) is 15.9 Å². The van der Waals surface area contributed by atoms with Crippen LogP contribution in [0.1, 0.15) is 11.0 Å². The molecule has 8 heteroatoms. The quantitative estimate of drug-likeness (QED) is 0.811. The van der Waals surface area contributed by atoms with E-state index in [9.17, 15) is 13.5 Å². The van der Waals surface area contributed by atoms with Gasteiger partial charge < -0.3 is 14.6 Å². The van der Waals surface area contributed by atoms with Crippen molar-refractivity contribution in [2.45, 2.75) is 5.44 Å². The maximum Gasteiger partial charge on any atom is 0.296 e. The Bertz CT molecular complexity index is 512. The van der Waals surface area contributed by atoms with Crippen molar-refractivity contribution < 1.29 is 27.6 Å². The van der Waals surface area contributed by atoms with Crippen molar-refractivity contribution in [3.05, 3.63) is 22.2 Å². The molecule has 0 saturated heterocycles. The van der Waals surface area contributed by atoms with Crippen molar-refractivity contribution in [3.8, 4) is 11.5 Å². The van der Waals surface area contributed by atoms with E-state index in [1.54, 1.807) is 0 Å². The molecule has 0 fully saturated rings. The Kier molecular flexibility index (Phi) is 4.36. The molecule has 0 aromatic heterocycles. The van der Waals surface area contributed by atoms with Gasteiger partial charge in [-0.2, -0.15) is 8.42 Å². The van der Waals surface area contributed by atoms with Gasteiger partial charge in [0.25, 0.3) is 10.1 Å². The molecule has 0 radical (unpaired) electrons. The van der Waals surface area contributed by atoms with Gasteiger partial charge in [0.05, 0.1) is 14.2 Å². The van der Waals surface area contributed by atoms with Crippen LogP contribution in [0.4, 0.5) is 0 Å². The van der Waals surface area contributed by atoms with Crippen LogP contribution in [0, 0.1) is 0 Å². The highest BCUT2D eigenvalue weighted by atomic mass is 79.9. The molecule has 2 N–H and O–H groups in total. The summed E-state index contributed by atoms with van der Waals surface area (Å²) in [4.78, 5) is 0. The number of aliphatic hydroxyl groups is 1. The van der Waals surface area contributed by atoms with Gasteiger partial charge in [-0.05, 0) is 12.1 Å². The molecule has 0 bridgehead atoms. The maximum atomic E-state index is 10.9. The molecule has 0 amide bonds. The smallest absolute Gasteiger partial charge is 0.296 e. The van der Waals surface area contributed by atoms with Crippen molar-refractivity contribution in [3.63, 3.8) is 0 Å². The molecule has 1 atom stereocenters. The van der Waals surface area contributed by atoms with E-state index < -0.39 is 15.6 Å². The van der Waals surface area contributed by atoms with Gasteiger partial charge in [-0.15, -0.1) is 0 Å². The van der Waals surface area contributed by atoms with Gasteiger partial charge in [0.2, 0.25) is 5.44 Å². The van der Waals surface area contributed by atoms with Crippen LogP contribution in [0.5, 0.6) is 11.5 Å². The zero-order valence-corrected chi connectivity index (χ0v) is 11.4. The van der Waals surface area contributed by atoms with Crippen LogP contribution in [0.25, 0.3) is 0 Å². The summed E-state index contributed by atoms with van der Waals surface area (Å²) in [5.41, 5.74) is -2.08. The van der Waals surface area contributed by atoms with Crippen molar-refractivity contribution in [1.29, 1.82) is 0 Å². The van der Waals surface area contributed by atoms with E-state index in [4.69, 9.17) is 14.0 Å². The minimum atomic E-state index is -4.59. The Hall–Kier alpha value is -0.830. The number of aliphatic hydroxyl groups excluding tert-OH is 1. The SMILES string of the molecule is COc1cc(Br)c(C(O)S(=O)(=O)O)cc1OC. The number of halogens is 1. The fourth-order valence-electron chi connectivity index (χ4n) is 1.22. The minimum Gasteiger partial charge on any atom is -0.493 e. The van der Waals surface area contributed by atoms with Crippen LogP contribution >= 0.6 is 15.9 Å². The summed E-state index contributed by atoms with van der Waals surface area (Å²) in [6, 6.07) is 2.70. The highest BCUT2D eigenvalue weighted by Gasteiger charge is 2.25. The van der Waals surface area contributed by atoms with Crippen LogP contribution in [0.2, 0.25) is 0 Å². The molecular weight excluding hydrogens is 316 g/mol. The maximum absolute atomic E-state index is 10.9. The minimum absolute atomic E-state index is 0.0369. The Morgan fingerprint density at radius 3 is 2.12 bits per heavy atom. The molecule has 0 aliphatic carbocycles.